The number of quaternary nitrogens is 1. The van der Waals surface area contributed by atoms with Crippen molar-refractivity contribution in [2.75, 3.05) is 27.2 Å². The zero-order valence-corrected chi connectivity index (χ0v) is 9.96. The first-order valence-electron chi connectivity index (χ1n) is 3.40. The summed E-state index contributed by atoms with van der Waals surface area (Å²) in [5.41, 5.74) is 0. The summed E-state index contributed by atoms with van der Waals surface area (Å²) >= 11 is 17.2. The van der Waals surface area contributed by atoms with Crippen LogP contribution in [0, 0.1) is 5.21 Å². The van der Waals surface area contributed by atoms with Gasteiger partial charge in [0.15, 0.2) is 0 Å². The van der Waals surface area contributed by atoms with Gasteiger partial charge in [-0.2, -0.15) is 0 Å². The molecule has 3 nitrogen and oxygen atoms in total. The number of halogens is 3. The highest BCUT2D eigenvalue weighted by Crippen LogP contribution is 2.67. The predicted octanol–water partition coefficient (Wildman–Crippen LogP) is 2.52. The Morgan fingerprint density at radius 2 is 2.00 bits per heavy atom. The summed E-state index contributed by atoms with van der Waals surface area (Å²) in [5, 5.41) is 11.8. The maximum Gasteiger partial charge on any atom is 0.277 e. The molecule has 0 spiro atoms. The summed E-state index contributed by atoms with van der Waals surface area (Å²) in [7, 11) is 2.09. The van der Waals surface area contributed by atoms with Crippen molar-refractivity contribution >= 4 is 43.0 Å². The Morgan fingerprint density at radius 1 is 1.50 bits per heavy atom. The van der Waals surface area contributed by atoms with E-state index in [4.69, 9.17) is 34.8 Å². The maximum atomic E-state index is 11.8. The summed E-state index contributed by atoms with van der Waals surface area (Å²) < 4.78 is -0.0469. The van der Waals surface area contributed by atoms with Gasteiger partial charge in [0.05, 0.1) is 20.1 Å². The summed E-state index contributed by atoms with van der Waals surface area (Å²) in [4.78, 5) is 0. The van der Waals surface area contributed by atoms with Gasteiger partial charge in [-0.05, 0) is 7.05 Å². The highest BCUT2D eigenvalue weighted by atomic mass is 35.6. The zero-order chi connectivity index (χ0) is 9.57. The van der Waals surface area contributed by atoms with Crippen LogP contribution in [-0.4, -0.2) is 39.8 Å². The number of hydrogen-bond donors (Lipinski definition) is 0. The van der Waals surface area contributed by atoms with Crippen LogP contribution < -0.4 is 0 Å². The van der Waals surface area contributed by atoms with Gasteiger partial charge in [0.1, 0.15) is 0 Å². The van der Waals surface area contributed by atoms with Crippen LogP contribution in [0.3, 0.4) is 0 Å². The molecule has 0 aromatic heterocycles. The van der Waals surface area contributed by atoms with E-state index in [2.05, 4.69) is 0 Å². The highest BCUT2D eigenvalue weighted by molar-refractivity contribution is 7.58. The van der Waals surface area contributed by atoms with Gasteiger partial charge in [-0.15, -0.1) is 0 Å². The molecule has 7 heteroatoms. The third-order valence-electron chi connectivity index (χ3n) is 1.79. The standard InChI is InChI=1S/C5H10Cl3N2OP/c1-9-3-4-10(2,11)12(9)5(6,7)8/h3-4H2,1-2H3. The SMILES string of the molecule is CN1CC[N+](C)([O-])P1C(Cl)(Cl)Cl. The number of hydrogen-bond acceptors (Lipinski definition) is 2. The van der Waals surface area contributed by atoms with Crippen molar-refractivity contribution in [3.05, 3.63) is 5.21 Å². The lowest BCUT2D eigenvalue weighted by molar-refractivity contribution is -0.723. The molecule has 0 aromatic carbocycles. The van der Waals surface area contributed by atoms with E-state index in [1.807, 2.05) is 11.7 Å². The lowest BCUT2D eigenvalue weighted by Gasteiger charge is -2.41. The average Bonchev–Trinajstić information content (AvgIpc) is 2.03. The first-order chi connectivity index (χ1) is 5.25. The molecule has 1 fully saturated rings. The van der Waals surface area contributed by atoms with E-state index < -0.39 is 16.2 Å². The van der Waals surface area contributed by atoms with Crippen molar-refractivity contribution in [1.29, 1.82) is 0 Å². The number of nitrogens with zero attached hydrogens (tertiary/aromatic N) is 2. The van der Waals surface area contributed by atoms with Crippen molar-refractivity contribution in [1.82, 2.24) is 4.67 Å². The summed E-state index contributed by atoms with van der Waals surface area (Å²) in [6.07, 6.45) is 0. The third-order valence-corrected chi connectivity index (χ3v) is 5.45. The molecule has 0 saturated carbocycles. The van der Waals surface area contributed by atoms with Crippen LogP contribution in [0.1, 0.15) is 0 Å². The van der Waals surface area contributed by atoms with Crippen LogP contribution in [0.4, 0.5) is 0 Å². The number of alkyl halides is 3. The van der Waals surface area contributed by atoms with Crippen molar-refractivity contribution in [2.24, 2.45) is 0 Å². The van der Waals surface area contributed by atoms with E-state index >= 15 is 0 Å². The Kier molecular flexibility index (Phi) is 3.18. The second-order valence-corrected chi connectivity index (χ2v) is 8.76. The second kappa shape index (κ2) is 3.39. The van der Waals surface area contributed by atoms with Crippen LogP contribution in [0.2, 0.25) is 0 Å². The van der Waals surface area contributed by atoms with Crippen molar-refractivity contribution in [3.63, 3.8) is 0 Å². The average molecular weight is 251 g/mol. The first kappa shape index (κ1) is 11.3. The topological polar surface area (TPSA) is 26.3 Å². The molecule has 1 aliphatic heterocycles. The predicted molar refractivity (Wildman–Crippen MR) is 54.3 cm³/mol. The normalized spacial score (nSPS) is 39.0. The molecule has 12 heavy (non-hydrogen) atoms. The van der Waals surface area contributed by atoms with Crippen LogP contribution in [0.5, 0.6) is 0 Å². The fourth-order valence-corrected chi connectivity index (χ4v) is 5.95. The Bertz CT molecular complexity index is 184. The van der Waals surface area contributed by atoms with Gasteiger partial charge in [-0.25, -0.2) is 4.67 Å². The van der Waals surface area contributed by atoms with E-state index in [1.54, 1.807) is 7.05 Å². The molecule has 2 unspecified atom stereocenters. The summed E-state index contributed by atoms with van der Waals surface area (Å²) in [5.74, 6) is 0. The van der Waals surface area contributed by atoms with E-state index in [0.29, 0.717) is 13.1 Å². The van der Waals surface area contributed by atoms with Crippen LogP contribution in [-0.2, 0) is 0 Å². The molecule has 1 rings (SSSR count). The Hall–Kier alpha value is 1.18. The van der Waals surface area contributed by atoms with E-state index in [9.17, 15) is 5.21 Å². The van der Waals surface area contributed by atoms with Gasteiger partial charge in [-0.3, -0.25) is 0 Å². The molecule has 0 aromatic rings. The van der Waals surface area contributed by atoms with Crippen molar-refractivity contribution in [3.8, 4) is 0 Å². The van der Waals surface area contributed by atoms with Gasteiger partial charge in [0.2, 0.25) is 8.22 Å². The lowest BCUT2D eigenvalue weighted by atomic mass is 10.6. The molecular formula is C5H10Cl3N2OP. The van der Waals surface area contributed by atoms with Gasteiger partial charge >= 0.3 is 0 Å². The molecule has 72 valence electrons. The lowest BCUT2D eigenvalue weighted by Crippen LogP contribution is -2.32. The smallest absolute Gasteiger partial charge is 0.277 e. The first-order valence-corrected chi connectivity index (χ1v) is 5.78. The van der Waals surface area contributed by atoms with Gasteiger partial charge in [0.25, 0.3) is 3.53 Å². The van der Waals surface area contributed by atoms with E-state index in [1.165, 1.54) is 0 Å². The minimum Gasteiger partial charge on any atom is -0.631 e. The molecule has 1 saturated heterocycles. The van der Waals surface area contributed by atoms with E-state index in [-0.39, 0.29) is 0 Å². The second-order valence-electron chi connectivity index (χ2n) is 2.91. The van der Waals surface area contributed by atoms with Crippen LogP contribution in [0.25, 0.3) is 0 Å². The minimum atomic E-state index is -1.45. The number of rotatable bonds is 0. The minimum absolute atomic E-state index is 0.442. The molecule has 1 aliphatic rings. The summed E-state index contributed by atoms with van der Waals surface area (Å²) in [6, 6.07) is 0. The largest absolute Gasteiger partial charge is 0.631 e. The molecule has 0 aliphatic carbocycles. The van der Waals surface area contributed by atoms with Crippen LogP contribution >= 0.6 is 43.0 Å². The Balaban J connectivity index is 2.86. The Labute approximate surface area is 88.2 Å². The molecule has 0 radical (unpaired) electrons. The maximum absolute atomic E-state index is 11.8. The van der Waals surface area contributed by atoms with Gasteiger partial charge < -0.3 is 9.62 Å². The van der Waals surface area contributed by atoms with Crippen molar-refractivity contribution < 1.29 is 4.42 Å². The van der Waals surface area contributed by atoms with Crippen LogP contribution in [0.15, 0.2) is 0 Å². The number of likely N-dealkylation sites (N-methyl/N-ethyl adjacent to an activating group) is 2. The molecule has 2 atom stereocenters. The highest BCUT2D eigenvalue weighted by Gasteiger charge is 2.51. The fourth-order valence-electron chi connectivity index (χ4n) is 1.28. The van der Waals surface area contributed by atoms with E-state index in [0.717, 1.165) is 0 Å². The molecular weight excluding hydrogens is 241 g/mol. The van der Waals surface area contributed by atoms with Gasteiger partial charge in [-0.1, -0.05) is 34.8 Å². The molecule has 0 amide bonds. The zero-order valence-electron chi connectivity index (χ0n) is 6.80. The third kappa shape index (κ3) is 2.16. The molecule has 0 bridgehead atoms. The van der Waals surface area contributed by atoms with Crippen molar-refractivity contribution in [2.45, 2.75) is 3.53 Å². The summed E-state index contributed by atoms with van der Waals surface area (Å²) in [6.45, 7) is 1.19. The quantitative estimate of drug-likeness (QED) is 0.376. The monoisotopic (exact) mass is 250 g/mol. The molecule has 1 heterocycles. The molecule has 0 N–H and O–H groups in total. The van der Waals surface area contributed by atoms with Gasteiger partial charge in [0, 0.05) is 0 Å². The Morgan fingerprint density at radius 3 is 2.17 bits per heavy atom. The fraction of sp³-hybridized carbons (Fsp3) is 1.00. The number of hydroxylamine groups is 2.